The summed E-state index contributed by atoms with van der Waals surface area (Å²) in [6.45, 7) is 0. The number of hydrogen-bond donors (Lipinski definition) is 3. The van der Waals surface area contributed by atoms with Gasteiger partial charge in [0.15, 0.2) is 5.75 Å². The van der Waals surface area contributed by atoms with Gasteiger partial charge in [0, 0.05) is 5.69 Å². The minimum absolute atomic E-state index is 0.109. The molecule has 0 heterocycles. The van der Waals surface area contributed by atoms with Gasteiger partial charge in [-0.25, -0.2) is 10.2 Å². The lowest BCUT2D eigenvalue weighted by molar-refractivity contribution is 0.252. The number of urea groups is 1. The Bertz CT molecular complexity index is 652. The third-order valence-corrected chi connectivity index (χ3v) is 3.03. The summed E-state index contributed by atoms with van der Waals surface area (Å²) in [5.74, 6) is -0.190. The number of phenolic OH excluding ortho intramolecular Hbond substituents is 1. The molecule has 2 aromatic rings. The molecule has 0 saturated heterocycles. The van der Waals surface area contributed by atoms with Gasteiger partial charge < -0.3 is 10.4 Å². The summed E-state index contributed by atoms with van der Waals surface area (Å²) in [6, 6.07) is 11.4. The number of hydrazone groups is 1. The molecule has 2 rings (SSSR count). The zero-order valence-electron chi connectivity index (χ0n) is 10.7. The van der Waals surface area contributed by atoms with Gasteiger partial charge in [-0.2, -0.15) is 5.10 Å². The van der Waals surface area contributed by atoms with Crippen molar-refractivity contribution in [3.05, 3.63) is 58.1 Å². The molecule has 0 atom stereocenters. The number of carbonyl (C=O) groups excluding carboxylic acids is 1. The molecule has 7 heteroatoms. The Morgan fingerprint density at radius 2 is 1.76 bits per heavy atom. The number of halogens is 2. The molecule has 0 aromatic heterocycles. The maximum absolute atomic E-state index is 11.6. The van der Waals surface area contributed by atoms with Gasteiger partial charge in [0.1, 0.15) is 0 Å². The smallest absolute Gasteiger partial charge is 0.339 e. The molecule has 0 spiro atoms. The van der Waals surface area contributed by atoms with Gasteiger partial charge in [-0.05, 0) is 29.8 Å². The van der Waals surface area contributed by atoms with Crippen LogP contribution in [0, 0.1) is 0 Å². The average molecular weight is 324 g/mol. The number of hydrogen-bond acceptors (Lipinski definition) is 3. The summed E-state index contributed by atoms with van der Waals surface area (Å²) in [4.78, 5) is 11.6. The Morgan fingerprint density at radius 1 is 1.14 bits per heavy atom. The van der Waals surface area contributed by atoms with Crippen LogP contribution in [-0.2, 0) is 0 Å². The van der Waals surface area contributed by atoms with Crippen LogP contribution in [0.2, 0.25) is 10.0 Å². The number of phenols is 1. The number of para-hydroxylation sites is 1. The van der Waals surface area contributed by atoms with Crippen LogP contribution >= 0.6 is 23.2 Å². The molecule has 0 bridgehead atoms. The van der Waals surface area contributed by atoms with Crippen LogP contribution in [-0.4, -0.2) is 17.4 Å². The molecule has 21 heavy (non-hydrogen) atoms. The number of rotatable bonds is 3. The van der Waals surface area contributed by atoms with Crippen LogP contribution in [0.5, 0.6) is 5.75 Å². The maximum Gasteiger partial charge on any atom is 0.339 e. The van der Waals surface area contributed by atoms with E-state index in [1.807, 2.05) is 6.07 Å². The molecule has 3 N–H and O–H groups in total. The van der Waals surface area contributed by atoms with Crippen LogP contribution < -0.4 is 10.7 Å². The highest BCUT2D eigenvalue weighted by Crippen LogP contribution is 2.32. The predicted octanol–water partition coefficient (Wildman–Crippen LogP) is 3.85. The van der Waals surface area contributed by atoms with E-state index in [9.17, 15) is 9.90 Å². The Labute approximate surface area is 131 Å². The summed E-state index contributed by atoms with van der Waals surface area (Å²) in [5, 5.41) is 16.0. The fourth-order valence-electron chi connectivity index (χ4n) is 1.51. The largest absolute Gasteiger partial charge is 0.505 e. The highest BCUT2D eigenvalue weighted by atomic mass is 35.5. The van der Waals surface area contributed by atoms with E-state index in [4.69, 9.17) is 23.2 Å². The van der Waals surface area contributed by atoms with E-state index in [0.717, 1.165) is 0 Å². The van der Waals surface area contributed by atoms with Gasteiger partial charge in [-0.1, -0.05) is 41.4 Å². The summed E-state index contributed by atoms with van der Waals surface area (Å²) < 4.78 is 0. The number of amides is 2. The van der Waals surface area contributed by atoms with E-state index in [1.54, 1.807) is 24.3 Å². The number of nitrogens with zero attached hydrogens (tertiary/aromatic N) is 1. The fraction of sp³-hybridized carbons (Fsp3) is 0. The fourth-order valence-corrected chi connectivity index (χ4v) is 2.01. The molecular formula is C14H11Cl2N3O2. The van der Waals surface area contributed by atoms with Crippen molar-refractivity contribution in [3.63, 3.8) is 0 Å². The first-order chi connectivity index (χ1) is 10.1. The van der Waals surface area contributed by atoms with Crippen molar-refractivity contribution in [1.29, 1.82) is 0 Å². The highest BCUT2D eigenvalue weighted by Gasteiger charge is 2.05. The molecule has 2 amide bonds. The summed E-state index contributed by atoms with van der Waals surface area (Å²) in [5.41, 5.74) is 3.50. The van der Waals surface area contributed by atoms with Crippen LogP contribution in [0.1, 0.15) is 5.56 Å². The van der Waals surface area contributed by atoms with Crippen LogP contribution in [0.4, 0.5) is 10.5 Å². The quantitative estimate of drug-likeness (QED) is 0.592. The number of carbonyl (C=O) groups is 1. The SMILES string of the molecule is O=C(N/N=C\c1cc(Cl)c(O)c(Cl)c1)Nc1ccccc1. The van der Waals surface area contributed by atoms with Crippen LogP contribution in [0.25, 0.3) is 0 Å². The van der Waals surface area contributed by atoms with E-state index in [1.165, 1.54) is 18.3 Å². The zero-order chi connectivity index (χ0) is 15.2. The first kappa shape index (κ1) is 15.2. The second-order valence-corrected chi connectivity index (χ2v) is 4.84. The third kappa shape index (κ3) is 4.37. The Hall–Kier alpha value is -2.24. The zero-order valence-corrected chi connectivity index (χ0v) is 12.2. The normalized spacial score (nSPS) is 10.6. The average Bonchev–Trinajstić information content (AvgIpc) is 2.45. The molecule has 0 fully saturated rings. The van der Waals surface area contributed by atoms with E-state index in [0.29, 0.717) is 11.3 Å². The molecule has 0 unspecified atom stereocenters. The van der Waals surface area contributed by atoms with Crippen molar-refractivity contribution in [3.8, 4) is 5.75 Å². The van der Waals surface area contributed by atoms with Gasteiger partial charge in [0.2, 0.25) is 0 Å². The predicted molar refractivity (Wildman–Crippen MR) is 84.3 cm³/mol. The molecule has 0 radical (unpaired) electrons. The van der Waals surface area contributed by atoms with Crippen molar-refractivity contribution in [2.24, 2.45) is 5.10 Å². The minimum Gasteiger partial charge on any atom is -0.505 e. The van der Waals surface area contributed by atoms with Gasteiger partial charge in [-0.3, -0.25) is 0 Å². The van der Waals surface area contributed by atoms with E-state index in [-0.39, 0.29) is 15.8 Å². The van der Waals surface area contributed by atoms with Gasteiger partial charge >= 0.3 is 6.03 Å². The first-order valence-electron chi connectivity index (χ1n) is 5.89. The molecule has 108 valence electrons. The number of aromatic hydroxyl groups is 1. The molecule has 2 aromatic carbocycles. The van der Waals surface area contributed by atoms with Gasteiger partial charge in [0.05, 0.1) is 16.3 Å². The minimum atomic E-state index is -0.478. The lowest BCUT2D eigenvalue weighted by atomic mass is 10.2. The third-order valence-electron chi connectivity index (χ3n) is 2.45. The van der Waals surface area contributed by atoms with Crippen LogP contribution in [0.15, 0.2) is 47.6 Å². The van der Waals surface area contributed by atoms with Crippen molar-refractivity contribution >= 4 is 41.1 Å². The number of nitrogens with one attached hydrogen (secondary N) is 2. The summed E-state index contributed by atoms with van der Waals surface area (Å²) in [6.07, 6.45) is 1.36. The first-order valence-corrected chi connectivity index (χ1v) is 6.65. The standard InChI is InChI=1S/C14H11Cl2N3O2/c15-11-6-9(7-12(16)13(11)20)8-17-19-14(21)18-10-4-2-1-3-5-10/h1-8,20H,(H2,18,19,21)/b17-8-. The van der Waals surface area contributed by atoms with Crippen molar-refractivity contribution in [2.45, 2.75) is 0 Å². The summed E-state index contributed by atoms with van der Waals surface area (Å²) in [7, 11) is 0. The molecule has 0 aliphatic carbocycles. The van der Waals surface area contributed by atoms with Crippen molar-refractivity contribution in [1.82, 2.24) is 5.43 Å². The molecule has 5 nitrogen and oxygen atoms in total. The Kier molecular flexibility index (Phi) is 5.03. The van der Waals surface area contributed by atoms with Gasteiger partial charge in [0.25, 0.3) is 0 Å². The van der Waals surface area contributed by atoms with E-state index < -0.39 is 6.03 Å². The number of benzene rings is 2. The summed E-state index contributed by atoms with van der Waals surface area (Å²) >= 11 is 11.5. The highest BCUT2D eigenvalue weighted by molar-refractivity contribution is 6.37. The maximum atomic E-state index is 11.6. The second kappa shape index (κ2) is 6.97. The molecule has 0 aliphatic heterocycles. The molecule has 0 saturated carbocycles. The molecule has 0 aliphatic rings. The topological polar surface area (TPSA) is 73.7 Å². The Balaban J connectivity index is 1.95. The van der Waals surface area contributed by atoms with E-state index in [2.05, 4.69) is 15.8 Å². The number of anilines is 1. The second-order valence-electron chi connectivity index (χ2n) is 4.02. The van der Waals surface area contributed by atoms with Gasteiger partial charge in [-0.15, -0.1) is 0 Å². The monoisotopic (exact) mass is 323 g/mol. The lowest BCUT2D eigenvalue weighted by Crippen LogP contribution is -2.24. The van der Waals surface area contributed by atoms with Crippen molar-refractivity contribution < 1.29 is 9.90 Å². The van der Waals surface area contributed by atoms with E-state index >= 15 is 0 Å². The lowest BCUT2D eigenvalue weighted by Gasteiger charge is -2.04. The molecular weight excluding hydrogens is 313 g/mol. The van der Waals surface area contributed by atoms with Crippen molar-refractivity contribution in [2.75, 3.05) is 5.32 Å². The van der Waals surface area contributed by atoms with Crippen LogP contribution in [0.3, 0.4) is 0 Å². The Morgan fingerprint density at radius 3 is 2.38 bits per heavy atom.